The van der Waals surface area contributed by atoms with Crippen LogP contribution in [0.4, 0.5) is 10.1 Å². The van der Waals surface area contributed by atoms with Crippen LogP contribution < -0.4 is 11.5 Å². The van der Waals surface area contributed by atoms with Gasteiger partial charge in [-0.15, -0.1) is 11.8 Å². The molecule has 0 heterocycles. The molecular weight excluding hydrogens is 299 g/mol. The zero-order chi connectivity index (χ0) is 14.7. The molecule has 4 N–H and O–H groups in total. The van der Waals surface area contributed by atoms with Gasteiger partial charge in [-0.1, -0.05) is 17.7 Å². The van der Waals surface area contributed by atoms with Gasteiger partial charge in [-0.05, 0) is 35.9 Å². The van der Waals surface area contributed by atoms with Crippen molar-refractivity contribution in [3.63, 3.8) is 0 Å². The average molecular weight is 311 g/mol. The summed E-state index contributed by atoms with van der Waals surface area (Å²) in [6.07, 6.45) is 0. The smallest absolute Gasteiger partial charge is 0.248 e. The molecule has 0 unspecified atom stereocenters. The van der Waals surface area contributed by atoms with E-state index >= 15 is 0 Å². The van der Waals surface area contributed by atoms with Crippen molar-refractivity contribution in [3.8, 4) is 0 Å². The molecule has 1 amide bonds. The summed E-state index contributed by atoms with van der Waals surface area (Å²) in [6, 6.07) is 9.24. The number of carbonyl (C=O) groups is 1. The minimum atomic E-state index is -0.524. The molecule has 0 aliphatic rings. The van der Waals surface area contributed by atoms with Gasteiger partial charge in [0.05, 0.1) is 0 Å². The SMILES string of the molecule is NC(=O)c1ccc(CSc2cc(N)cc(F)c2)c(Cl)c1. The van der Waals surface area contributed by atoms with E-state index in [1.165, 1.54) is 30.0 Å². The third kappa shape index (κ3) is 3.65. The number of nitrogen functional groups attached to an aromatic ring is 1. The predicted molar refractivity (Wildman–Crippen MR) is 80.3 cm³/mol. The lowest BCUT2D eigenvalue weighted by Gasteiger charge is -2.06. The van der Waals surface area contributed by atoms with Crippen LogP contribution in [-0.2, 0) is 5.75 Å². The Morgan fingerprint density at radius 2 is 2.00 bits per heavy atom. The first-order chi connectivity index (χ1) is 9.45. The second-order valence-corrected chi connectivity index (χ2v) is 5.64. The standard InChI is InChI=1S/C14H12ClFN2OS/c15-13-3-8(14(18)19)1-2-9(13)7-20-12-5-10(16)4-11(17)6-12/h1-6H,7,17H2,(H2,18,19). The number of amides is 1. The van der Waals surface area contributed by atoms with Gasteiger partial charge < -0.3 is 11.5 Å². The van der Waals surface area contributed by atoms with Crippen molar-refractivity contribution in [1.82, 2.24) is 0 Å². The lowest BCUT2D eigenvalue weighted by atomic mass is 10.1. The molecule has 2 aromatic rings. The number of nitrogens with two attached hydrogens (primary N) is 2. The summed E-state index contributed by atoms with van der Waals surface area (Å²) in [7, 11) is 0. The first kappa shape index (κ1) is 14.7. The fourth-order valence-corrected chi connectivity index (χ4v) is 2.96. The van der Waals surface area contributed by atoms with Gasteiger partial charge in [0.25, 0.3) is 0 Å². The molecule has 0 spiro atoms. The molecule has 20 heavy (non-hydrogen) atoms. The van der Waals surface area contributed by atoms with Crippen molar-refractivity contribution >= 4 is 35.0 Å². The highest BCUT2D eigenvalue weighted by atomic mass is 35.5. The van der Waals surface area contributed by atoms with Gasteiger partial charge in [0, 0.05) is 26.9 Å². The molecule has 0 bridgehead atoms. The van der Waals surface area contributed by atoms with Gasteiger partial charge in [0.1, 0.15) is 5.82 Å². The normalized spacial score (nSPS) is 10.5. The maximum Gasteiger partial charge on any atom is 0.248 e. The Hall–Kier alpha value is -1.72. The quantitative estimate of drug-likeness (QED) is 0.671. The van der Waals surface area contributed by atoms with Crippen molar-refractivity contribution in [2.75, 3.05) is 5.73 Å². The monoisotopic (exact) mass is 310 g/mol. The highest BCUT2D eigenvalue weighted by Gasteiger charge is 2.07. The van der Waals surface area contributed by atoms with Crippen LogP contribution >= 0.6 is 23.4 Å². The highest BCUT2D eigenvalue weighted by Crippen LogP contribution is 2.29. The summed E-state index contributed by atoms with van der Waals surface area (Å²) in [4.78, 5) is 11.7. The fraction of sp³-hybridized carbons (Fsp3) is 0.0714. The van der Waals surface area contributed by atoms with Gasteiger partial charge in [0.2, 0.25) is 5.91 Å². The molecular formula is C14H12ClFN2OS. The second kappa shape index (κ2) is 6.15. The van der Waals surface area contributed by atoms with Crippen molar-refractivity contribution in [2.24, 2.45) is 5.73 Å². The Morgan fingerprint density at radius 1 is 1.25 bits per heavy atom. The van der Waals surface area contributed by atoms with Crippen molar-refractivity contribution < 1.29 is 9.18 Å². The molecule has 0 aliphatic heterocycles. The zero-order valence-electron chi connectivity index (χ0n) is 10.4. The number of benzene rings is 2. The van der Waals surface area contributed by atoms with Crippen LogP contribution in [-0.4, -0.2) is 5.91 Å². The van der Waals surface area contributed by atoms with E-state index in [2.05, 4.69) is 0 Å². The van der Waals surface area contributed by atoms with E-state index in [-0.39, 0.29) is 5.82 Å². The van der Waals surface area contributed by atoms with E-state index < -0.39 is 5.91 Å². The number of thioether (sulfide) groups is 1. The summed E-state index contributed by atoms with van der Waals surface area (Å²) < 4.78 is 13.2. The molecule has 3 nitrogen and oxygen atoms in total. The largest absolute Gasteiger partial charge is 0.399 e. The van der Waals surface area contributed by atoms with Crippen molar-refractivity contribution in [1.29, 1.82) is 0 Å². The van der Waals surface area contributed by atoms with Gasteiger partial charge in [-0.25, -0.2) is 4.39 Å². The number of carbonyl (C=O) groups excluding carboxylic acids is 1. The molecule has 0 radical (unpaired) electrons. The first-order valence-electron chi connectivity index (χ1n) is 5.73. The van der Waals surface area contributed by atoms with E-state index in [9.17, 15) is 9.18 Å². The minimum Gasteiger partial charge on any atom is -0.399 e. The number of anilines is 1. The van der Waals surface area contributed by atoms with Gasteiger partial charge >= 0.3 is 0 Å². The van der Waals surface area contributed by atoms with Gasteiger partial charge in [-0.2, -0.15) is 0 Å². The summed E-state index contributed by atoms with van der Waals surface area (Å²) in [5.41, 5.74) is 12.3. The molecule has 0 saturated carbocycles. The minimum absolute atomic E-state index is 0.360. The van der Waals surface area contributed by atoms with Crippen LogP contribution in [0, 0.1) is 5.82 Å². The maximum absolute atomic E-state index is 13.2. The summed E-state index contributed by atoms with van der Waals surface area (Å²) in [5, 5.41) is 0.457. The molecule has 104 valence electrons. The van der Waals surface area contributed by atoms with E-state index in [0.29, 0.717) is 22.0 Å². The Balaban J connectivity index is 2.12. The number of halogens is 2. The Bertz CT molecular complexity index is 643. The summed E-state index contributed by atoms with van der Waals surface area (Å²) in [5.74, 6) is -0.354. The molecule has 0 saturated heterocycles. The van der Waals surface area contributed by atoms with Crippen LogP contribution in [0.3, 0.4) is 0 Å². The van der Waals surface area contributed by atoms with E-state index in [1.807, 2.05) is 0 Å². The molecule has 0 fully saturated rings. The summed E-state index contributed by atoms with van der Waals surface area (Å²) in [6.45, 7) is 0. The van der Waals surface area contributed by atoms with Crippen molar-refractivity contribution in [3.05, 3.63) is 58.4 Å². The lowest BCUT2D eigenvalue weighted by Crippen LogP contribution is -2.10. The third-order valence-electron chi connectivity index (χ3n) is 2.63. The van der Waals surface area contributed by atoms with Gasteiger partial charge in [-0.3, -0.25) is 4.79 Å². The average Bonchev–Trinajstić information content (AvgIpc) is 2.36. The van der Waals surface area contributed by atoms with Crippen LogP contribution in [0.2, 0.25) is 5.02 Å². The number of primary amides is 1. The highest BCUT2D eigenvalue weighted by molar-refractivity contribution is 7.98. The zero-order valence-corrected chi connectivity index (χ0v) is 12.0. The Morgan fingerprint density at radius 3 is 2.60 bits per heavy atom. The first-order valence-corrected chi connectivity index (χ1v) is 7.09. The topological polar surface area (TPSA) is 69.1 Å². The summed E-state index contributed by atoms with van der Waals surface area (Å²) >= 11 is 7.49. The van der Waals surface area contributed by atoms with Crippen molar-refractivity contribution in [2.45, 2.75) is 10.6 Å². The van der Waals surface area contributed by atoms with Crippen LogP contribution in [0.1, 0.15) is 15.9 Å². The van der Waals surface area contributed by atoms with E-state index in [4.69, 9.17) is 23.1 Å². The number of hydrogen-bond donors (Lipinski definition) is 2. The van der Waals surface area contributed by atoms with Crippen LogP contribution in [0.25, 0.3) is 0 Å². The molecule has 6 heteroatoms. The molecule has 0 aromatic heterocycles. The predicted octanol–water partition coefficient (Wildman–Crippen LogP) is 3.45. The second-order valence-electron chi connectivity index (χ2n) is 4.18. The maximum atomic E-state index is 13.2. The molecule has 0 aliphatic carbocycles. The lowest BCUT2D eigenvalue weighted by molar-refractivity contribution is 0.100. The van der Waals surface area contributed by atoms with Gasteiger partial charge in [0.15, 0.2) is 0 Å². The van der Waals surface area contributed by atoms with E-state index in [1.54, 1.807) is 18.2 Å². The Kier molecular flexibility index (Phi) is 4.52. The Labute approximate surface area is 125 Å². The van der Waals surface area contributed by atoms with Crippen LogP contribution in [0.5, 0.6) is 0 Å². The fourth-order valence-electron chi connectivity index (χ4n) is 1.65. The number of hydrogen-bond acceptors (Lipinski definition) is 3. The molecule has 2 aromatic carbocycles. The molecule has 2 rings (SSSR count). The van der Waals surface area contributed by atoms with E-state index in [0.717, 1.165) is 10.5 Å². The van der Waals surface area contributed by atoms with Crippen LogP contribution in [0.15, 0.2) is 41.3 Å². The number of rotatable bonds is 4. The molecule has 0 atom stereocenters. The third-order valence-corrected chi connectivity index (χ3v) is 4.00.